The molecule has 1 aromatic rings. The Morgan fingerprint density at radius 1 is 1.33 bits per heavy atom. The van der Waals surface area contributed by atoms with Crippen LogP contribution in [0.5, 0.6) is 0 Å². The molecular weight excluding hydrogens is 248 g/mol. The molecular formula is C13H14N2O2S. The van der Waals surface area contributed by atoms with Crippen LogP contribution in [-0.4, -0.2) is 14.0 Å². The van der Waals surface area contributed by atoms with Crippen LogP contribution in [0.25, 0.3) is 0 Å². The van der Waals surface area contributed by atoms with E-state index >= 15 is 0 Å². The van der Waals surface area contributed by atoms with Crippen molar-refractivity contribution in [1.82, 2.24) is 4.72 Å². The van der Waals surface area contributed by atoms with Gasteiger partial charge in [-0.15, -0.1) is 6.42 Å². The summed E-state index contributed by atoms with van der Waals surface area (Å²) in [6, 6.07) is 8.36. The molecule has 4 nitrogen and oxygen atoms in total. The molecule has 0 aliphatic heterocycles. The Balaban J connectivity index is 2.84. The summed E-state index contributed by atoms with van der Waals surface area (Å²) in [5.41, 5.74) is 0.188. The van der Waals surface area contributed by atoms with Crippen LogP contribution in [0.2, 0.25) is 0 Å². The molecule has 5 heteroatoms. The van der Waals surface area contributed by atoms with Gasteiger partial charge in [-0.25, -0.2) is 8.42 Å². The largest absolute Gasteiger partial charge is 0.217 e. The molecule has 0 heterocycles. The first-order valence-corrected chi connectivity index (χ1v) is 6.92. The van der Waals surface area contributed by atoms with Gasteiger partial charge in [0.2, 0.25) is 10.0 Å². The lowest BCUT2D eigenvalue weighted by molar-refractivity contribution is 0.538. The van der Waals surface area contributed by atoms with Gasteiger partial charge in [-0.1, -0.05) is 18.1 Å². The van der Waals surface area contributed by atoms with Gasteiger partial charge < -0.3 is 0 Å². The number of terminal acetylenes is 1. The molecule has 0 atom stereocenters. The second-order valence-electron chi connectivity index (χ2n) is 4.44. The summed E-state index contributed by atoms with van der Waals surface area (Å²) in [5.74, 6) is 2.21. The van der Waals surface area contributed by atoms with E-state index in [1.807, 2.05) is 6.07 Å². The monoisotopic (exact) mass is 262 g/mol. The second-order valence-corrected chi connectivity index (χ2v) is 6.16. The van der Waals surface area contributed by atoms with Gasteiger partial charge in [0.05, 0.1) is 22.9 Å². The van der Waals surface area contributed by atoms with E-state index in [4.69, 9.17) is 11.7 Å². The van der Waals surface area contributed by atoms with Crippen molar-refractivity contribution >= 4 is 10.0 Å². The Hall–Kier alpha value is -1.82. The summed E-state index contributed by atoms with van der Waals surface area (Å²) in [4.78, 5) is 0. The van der Waals surface area contributed by atoms with Gasteiger partial charge in [0.15, 0.2) is 0 Å². The van der Waals surface area contributed by atoms with Crippen molar-refractivity contribution in [2.75, 3.05) is 0 Å². The van der Waals surface area contributed by atoms with Gasteiger partial charge in [0.1, 0.15) is 0 Å². The number of sulfonamides is 1. The molecule has 0 saturated heterocycles. The van der Waals surface area contributed by atoms with E-state index in [9.17, 15) is 8.42 Å². The fraction of sp³-hybridized carbons (Fsp3) is 0.308. The van der Waals surface area contributed by atoms with Crippen molar-refractivity contribution in [1.29, 1.82) is 5.26 Å². The van der Waals surface area contributed by atoms with E-state index in [1.165, 1.54) is 0 Å². The molecule has 0 unspecified atom stereocenters. The molecule has 0 spiro atoms. The highest BCUT2D eigenvalue weighted by Crippen LogP contribution is 2.10. The zero-order valence-electron chi connectivity index (χ0n) is 10.3. The van der Waals surface area contributed by atoms with E-state index in [0.717, 1.165) is 0 Å². The lowest BCUT2D eigenvalue weighted by atomic mass is 10.1. The summed E-state index contributed by atoms with van der Waals surface area (Å²) < 4.78 is 26.1. The Morgan fingerprint density at radius 3 is 2.33 bits per heavy atom. The number of benzene rings is 1. The zero-order valence-corrected chi connectivity index (χ0v) is 11.1. The average molecular weight is 262 g/mol. The minimum Gasteiger partial charge on any atom is -0.212 e. The fourth-order valence-electron chi connectivity index (χ4n) is 1.35. The van der Waals surface area contributed by atoms with Crippen molar-refractivity contribution in [3.05, 3.63) is 35.4 Å². The highest BCUT2D eigenvalue weighted by Gasteiger charge is 2.22. The first kappa shape index (κ1) is 14.2. The van der Waals surface area contributed by atoms with Crippen LogP contribution in [0, 0.1) is 23.7 Å². The number of rotatable bonds is 4. The lowest BCUT2D eigenvalue weighted by Gasteiger charge is -2.19. The lowest BCUT2D eigenvalue weighted by Crippen LogP contribution is -2.42. The first-order chi connectivity index (χ1) is 8.28. The number of nitrogens with one attached hydrogen (secondary N) is 1. The average Bonchev–Trinajstić information content (AvgIpc) is 2.28. The number of hydrogen-bond donors (Lipinski definition) is 1. The SMILES string of the molecule is C#CC(C)(C)NS(=O)(=O)Cc1ccc(C#N)cc1. The summed E-state index contributed by atoms with van der Waals surface area (Å²) in [6.07, 6.45) is 5.23. The van der Waals surface area contributed by atoms with Gasteiger partial charge in [-0.3, -0.25) is 0 Å². The maximum Gasteiger partial charge on any atom is 0.217 e. The van der Waals surface area contributed by atoms with Crippen LogP contribution in [-0.2, 0) is 15.8 Å². The van der Waals surface area contributed by atoms with Gasteiger partial charge in [-0.2, -0.15) is 9.98 Å². The summed E-state index contributed by atoms with van der Waals surface area (Å²) in [7, 11) is -3.50. The van der Waals surface area contributed by atoms with Crippen molar-refractivity contribution in [2.45, 2.75) is 25.1 Å². The highest BCUT2D eigenvalue weighted by molar-refractivity contribution is 7.88. The molecule has 1 rings (SSSR count). The summed E-state index contributed by atoms with van der Waals surface area (Å²) >= 11 is 0. The van der Waals surface area contributed by atoms with Crippen LogP contribution >= 0.6 is 0 Å². The molecule has 0 radical (unpaired) electrons. The molecule has 0 saturated carbocycles. The van der Waals surface area contributed by atoms with Crippen LogP contribution in [0.1, 0.15) is 25.0 Å². The third-order valence-electron chi connectivity index (χ3n) is 2.21. The summed E-state index contributed by atoms with van der Waals surface area (Å²) in [6.45, 7) is 3.23. The van der Waals surface area contributed by atoms with E-state index in [2.05, 4.69) is 10.6 Å². The molecule has 94 valence electrons. The van der Waals surface area contributed by atoms with Crippen molar-refractivity contribution in [2.24, 2.45) is 0 Å². The molecule has 0 bridgehead atoms. The minimum absolute atomic E-state index is 0.163. The van der Waals surface area contributed by atoms with Crippen LogP contribution in [0.3, 0.4) is 0 Å². The van der Waals surface area contributed by atoms with Crippen LogP contribution < -0.4 is 4.72 Å². The van der Waals surface area contributed by atoms with Gasteiger partial charge in [-0.05, 0) is 31.5 Å². The van der Waals surface area contributed by atoms with Gasteiger partial charge in [0.25, 0.3) is 0 Å². The third kappa shape index (κ3) is 4.21. The van der Waals surface area contributed by atoms with Crippen LogP contribution in [0.4, 0.5) is 0 Å². The van der Waals surface area contributed by atoms with Crippen molar-refractivity contribution in [3.8, 4) is 18.4 Å². The topological polar surface area (TPSA) is 70.0 Å². The highest BCUT2D eigenvalue weighted by atomic mass is 32.2. The third-order valence-corrected chi connectivity index (χ3v) is 3.75. The molecule has 0 fully saturated rings. The maximum atomic E-state index is 11.9. The molecule has 1 aromatic carbocycles. The molecule has 0 aliphatic rings. The van der Waals surface area contributed by atoms with Crippen LogP contribution in [0.15, 0.2) is 24.3 Å². The first-order valence-electron chi connectivity index (χ1n) is 5.26. The molecule has 0 aromatic heterocycles. The number of nitrogens with zero attached hydrogens (tertiary/aromatic N) is 1. The van der Waals surface area contributed by atoms with E-state index in [0.29, 0.717) is 11.1 Å². The van der Waals surface area contributed by atoms with Crippen molar-refractivity contribution < 1.29 is 8.42 Å². The molecule has 0 aliphatic carbocycles. The quantitative estimate of drug-likeness (QED) is 0.834. The smallest absolute Gasteiger partial charge is 0.212 e. The van der Waals surface area contributed by atoms with E-state index in [1.54, 1.807) is 38.1 Å². The standard InChI is InChI=1S/C13H14N2O2S/c1-4-13(2,3)15-18(16,17)10-12-7-5-11(9-14)6-8-12/h1,5-8,15H,10H2,2-3H3. The zero-order chi connectivity index (χ0) is 13.8. The minimum atomic E-state index is -3.50. The van der Waals surface area contributed by atoms with Gasteiger partial charge in [0, 0.05) is 0 Å². The van der Waals surface area contributed by atoms with E-state index < -0.39 is 15.6 Å². The maximum absolute atomic E-state index is 11.9. The van der Waals surface area contributed by atoms with E-state index in [-0.39, 0.29) is 5.75 Å². The predicted octanol–water partition coefficient (Wildman–Crippen LogP) is 1.39. The Bertz CT molecular complexity index is 602. The number of hydrogen-bond acceptors (Lipinski definition) is 3. The number of nitriles is 1. The summed E-state index contributed by atoms with van der Waals surface area (Å²) in [5, 5.41) is 8.64. The Labute approximate surface area is 108 Å². The molecule has 18 heavy (non-hydrogen) atoms. The Morgan fingerprint density at radius 2 is 1.89 bits per heavy atom. The fourth-order valence-corrected chi connectivity index (χ4v) is 2.89. The second kappa shape index (κ2) is 5.22. The predicted molar refractivity (Wildman–Crippen MR) is 69.8 cm³/mol. The Kier molecular flexibility index (Phi) is 4.13. The molecule has 1 N–H and O–H groups in total. The van der Waals surface area contributed by atoms with Crippen molar-refractivity contribution in [3.63, 3.8) is 0 Å². The normalized spacial score (nSPS) is 11.6. The van der Waals surface area contributed by atoms with Gasteiger partial charge >= 0.3 is 0 Å². The molecule has 0 amide bonds.